The summed E-state index contributed by atoms with van der Waals surface area (Å²) in [6.45, 7) is 4.26. The minimum atomic E-state index is -3.67. The van der Waals surface area contributed by atoms with Gasteiger partial charge in [-0.15, -0.1) is 11.3 Å². The van der Waals surface area contributed by atoms with Gasteiger partial charge in [-0.3, -0.25) is 0 Å². The van der Waals surface area contributed by atoms with Gasteiger partial charge in [-0.05, 0) is 37.6 Å². The molecule has 0 spiro atoms. The topological polar surface area (TPSA) is 85.1 Å². The molecular formula is C12H15N3O2S2. The molecule has 2 aromatic heterocycles. The third-order valence-electron chi connectivity index (χ3n) is 2.71. The van der Waals surface area contributed by atoms with Crippen molar-refractivity contribution in [3.8, 4) is 0 Å². The molecule has 0 saturated heterocycles. The fourth-order valence-electron chi connectivity index (χ4n) is 1.60. The maximum absolute atomic E-state index is 12.1. The van der Waals surface area contributed by atoms with E-state index < -0.39 is 10.0 Å². The van der Waals surface area contributed by atoms with Gasteiger partial charge in [0.2, 0.25) is 0 Å². The van der Waals surface area contributed by atoms with Gasteiger partial charge in [-0.25, -0.2) is 18.1 Å². The molecule has 3 N–H and O–H groups in total. The first-order valence-electron chi connectivity index (χ1n) is 5.66. The van der Waals surface area contributed by atoms with Crippen LogP contribution in [0, 0.1) is 13.8 Å². The molecule has 0 aliphatic heterocycles. The van der Waals surface area contributed by atoms with Gasteiger partial charge in [0.1, 0.15) is 0 Å². The molecule has 102 valence electrons. The van der Waals surface area contributed by atoms with E-state index in [4.69, 9.17) is 5.73 Å². The molecule has 0 aromatic carbocycles. The molecule has 2 rings (SSSR count). The van der Waals surface area contributed by atoms with Crippen molar-refractivity contribution in [3.05, 3.63) is 39.7 Å². The zero-order valence-corrected chi connectivity index (χ0v) is 12.3. The third kappa shape index (κ3) is 3.12. The van der Waals surface area contributed by atoms with E-state index in [2.05, 4.69) is 9.71 Å². The smallest absolute Gasteiger partial charge is 0.260 e. The van der Waals surface area contributed by atoms with Crippen LogP contribution in [0.1, 0.15) is 15.3 Å². The Bertz CT molecular complexity index is 673. The fourth-order valence-corrected chi connectivity index (χ4v) is 3.74. The molecule has 0 radical (unpaired) electrons. The lowest BCUT2D eigenvalue weighted by atomic mass is 10.3. The van der Waals surface area contributed by atoms with Gasteiger partial charge < -0.3 is 5.73 Å². The molecule has 5 nitrogen and oxygen atoms in total. The molecule has 0 bridgehead atoms. The van der Waals surface area contributed by atoms with E-state index in [-0.39, 0.29) is 17.3 Å². The summed E-state index contributed by atoms with van der Waals surface area (Å²) in [6, 6.07) is 5.09. The molecule has 0 aliphatic rings. The minimum absolute atomic E-state index is 0.125. The summed E-state index contributed by atoms with van der Waals surface area (Å²) in [7, 11) is -3.67. The van der Waals surface area contributed by atoms with Gasteiger partial charge in [-0.2, -0.15) is 0 Å². The molecule has 0 atom stereocenters. The molecule has 2 aromatic rings. The number of aromatic nitrogens is 1. The first kappa shape index (κ1) is 14.0. The minimum Gasteiger partial charge on any atom is -0.396 e. The van der Waals surface area contributed by atoms with E-state index in [1.54, 1.807) is 17.4 Å². The Balaban J connectivity index is 2.17. The quantitative estimate of drug-likeness (QED) is 0.901. The summed E-state index contributed by atoms with van der Waals surface area (Å²) >= 11 is 1.58. The van der Waals surface area contributed by atoms with Gasteiger partial charge in [0, 0.05) is 22.5 Å². The third-order valence-corrected chi connectivity index (χ3v) is 5.24. The van der Waals surface area contributed by atoms with Crippen LogP contribution in [-0.4, -0.2) is 13.4 Å². The van der Waals surface area contributed by atoms with Gasteiger partial charge in [0.25, 0.3) is 10.0 Å². The Morgan fingerprint density at radius 2 is 2.16 bits per heavy atom. The van der Waals surface area contributed by atoms with E-state index in [0.717, 1.165) is 10.4 Å². The standard InChI is InChI=1S/C12H15N3O2S2/c1-8-6-10(18-9(8)2)7-15-19(16,17)12-11(13)4-3-5-14-12/h3-6,15H,7,13H2,1-2H3. The molecule has 0 saturated carbocycles. The van der Waals surface area contributed by atoms with Gasteiger partial charge in [0.05, 0.1) is 5.69 Å². The normalized spacial score (nSPS) is 11.7. The summed E-state index contributed by atoms with van der Waals surface area (Å²) in [5.74, 6) is 0. The number of nitrogen functional groups attached to an aromatic ring is 1. The van der Waals surface area contributed by atoms with E-state index in [9.17, 15) is 8.42 Å². The second-order valence-electron chi connectivity index (χ2n) is 4.17. The van der Waals surface area contributed by atoms with E-state index in [1.807, 2.05) is 19.9 Å². The predicted octanol–water partition coefficient (Wildman–Crippen LogP) is 1.82. The summed E-state index contributed by atoms with van der Waals surface area (Å²) in [5, 5.41) is -0.125. The highest BCUT2D eigenvalue weighted by Crippen LogP contribution is 2.21. The van der Waals surface area contributed by atoms with E-state index in [0.29, 0.717) is 0 Å². The molecule has 19 heavy (non-hydrogen) atoms. The second kappa shape index (κ2) is 5.28. The van der Waals surface area contributed by atoms with Crippen LogP contribution in [-0.2, 0) is 16.6 Å². The SMILES string of the molecule is Cc1cc(CNS(=O)(=O)c2ncccc2N)sc1C. The van der Waals surface area contributed by atoms with Crippen LogP contribution in [0.3, 0.4) is 0 Å². The van der Waals surface area contributed by atoms with Crippen LogP contribution in [0.15, 0.2) is 29.4 Å². The van der Waals surface area contributed by atoms with Crippen LogP contribution in [0.25, 0.3) is 0 Å². The molecule has 2 heterocycles. The number of nitrogens with zero attached hydrogens (tertiary/aromatic N) is 1. The van der Waals surface area contributed by atoms with Crippen molar-refractivity contribution in [2.24, 2.45) is 0 Å². The number of anilines is 1. The molecular weight excluding hydrogens is 282 g/mol. The highest BCUT2D eigenvalue weighted by atomic mass is 32.2. The van der Waals surface area contributed by atoms with Crippen LogP contribution in [0.2, 0.25) is 0 Å². The van der Waals surface area contributed by atoms with Gasteiger partial charge >= 0.3 is 0 Å². The lowest BCUT2D eigenvalue weighted by Crippen LogP contribution is -2.24. The molecule has 0 amide bonds. The number of thiophene rings is 1. The second-order valence-corrected chi connectivity index (χ2v) is 7.20. The highest BCUT2D eigenvalue weighted by Gasteiger charge is 2.18. The molecule has 7 heteroatoms. The summed E-state index contributed by atoms with van der Waals surface area (Å²) in [4.78, 5) is 5.97. The lowest BCUT2D eigenvalue weighted by Gasteiger charge is -2.06. The number of pyridine rings is 1. The summed E-state index contributed by atoms with van der Waals surface area (Å²) in [5.41, 5.74) is 6.94. The van der Waals surface area contributed by atoms with E-state index >= 15 is 0 Å². The maximum atomic E-state index is 12.1. The van der Waals surface area contributed by atoms with Crippen molar-refractivity contribution in [2.45, 2.75) is 25.4 Å². The average molecular weight is 297 g/mol. The zero-order valence-electron chi connectivity index (χ0n) is 10.7. The van der Waals surface area contributed by atoms with Gasteiger partial charge in [-0.1, -0.05) is 0 Å². The van der Waals surface area contributed by atoms with Crippen LogP contribution < -0.4 is 10.5 Å². The van der Waals surface area contributed by atoms with Crippen LogP contribution in [0.5, 0.6) is 0 Å². The number of rotatable bonds is 4. The van der Waals surface area contributed by atoms with Crippen molar-refractivity contribution in [1.82, 2.24) is 9.71 Å². The first-order chi connectivity index (χ1) is 8.90. The monoisotopic (exact) mass is 297 g/mol. The van der Waals surface area contributed by atoms with Gasteiger partial charge in [0.15, 0.2) is 5.03 Å². The van der Waals surface area contributed by atoms with Crippen LogP contribution >= 0.6 is 11.3 Å². The number of sulfonamides is 1. The number of hydrogen-bond acceptors (Lipinski definition) is 5. The Labute approximate surface area is 116 Å². The number of hydrogen-bond donors (Lipinski definition) is 2. The summed E-state index contributed by atoms with van der Waals surface area (Å²) < 4.78 is 26.7. The predicted molar refractivity (Wildman–Crippen MR) is 76.5 cm³/mol. The number of aryl methyl sites for hydroxylation is 2. The average Bonchev–Trinajstić information content (AvgIpc) is 2.67. The highest BCUT2D eigenvalue weighted by molar-refractivity contribution is 7.89. The number of nitrogens with two attached hydrogens (primary N) is 1. The molecule has 0 fully saturated rings. The van der Waals surface area contributed by atoms with E-state index in [1.165, 1.54) is 17.1 Å². The number of nitrogens with one attached hydrogen (secondary N) is 1. The lowest BCUT2D eigenvalue weighted by molar-refractivity contribution is 0.578. The Morgan fingerprint density at radius 3 is 2.74 bits per heavy atom. The van der Waals surface area contributed by atoms with Crippen molar-refractivity contribution in [3.63, 3.8) is 0 Å². The van der Waals surface area contributed by atoms with Crippen molar-refractivity contribution in [2.75, 3.05) is 5.73 Å². The Morgan fingerprint density at radius 1 is 1.42 bits per heavy atom. The first-order valence-corrected chi connectivity index (χ1v) is 7.96. The van der Waals surface area contributed by atoms with Crippen LogP contribution in [0.4, 0.5) is 5.69 Å². The van der Waals surface area contributed by atoms with Crippen molar-refractivity contribution in [1.29, 1.82) is 0 Å². The largest absolute Gasteiger partial charge is 0.396 e. The molecule has 0 aliphatic carbocycles. The zero-order chi connectivity index (χ0) is 14.0. The Hall–Kier alpha value is -1.44. The van der Waals surface area contributed by atoms with Crippen molar-refractivity contribution >= 4 is 27.0 Å². The molecule has 0 unspecified atom stereocenters. The summed E-state index contributed by atoms with van der Waals surface area (Å²) in [6.07, 6.45) is 1.41. The Kier molecular flexibility index (Phi) is 3.88. The fraction of sp³-hybridized carbons (Fsp3) is 0.250. The maximum Gasteiger partial charge on any atom is 0.260 e. The van der Waals surface area contributed by atoms with Crippen molar-refractivity contribution < 1.29 is 8.42 Å².